The normalized spacial score (nSPS) is 10.8. The Morgan fingerprint density at radius 3 is 2.81 bits per heavy atom. The van der Waals surface area contributed by atoms with Crippen molar-refractivity contribution in [1.29, 1.82) is 0 Å². The van der Waals surface area contributed by atoms with Gasteiger partial charge in [0.1, 0.15) is 12.4 Å². The number of carbonyl (C=O) groups excluding carboxylic acids is 1. The number of amides is 1. The van der Waals surface area contributed by atoms with Gasteiger partial charge in [0.2, 0.25) is 5.91 Å². The quantitative estimate of drug-likeness (QED) is 0.804. The predicted molar refractivity (Wildman–Crippen MR) is 83.5 cm³/mol. The van der Waals surface area contributed by atoms with Gasteiger partial charge in [-0.1, -0.05) is 0 Å². The number of rotatable bonds is 6. The number of aromatic nitrogens is 1. The fourth-order valence-electron chi connectivity index (χ4n) is 1.59. The lowest BCUT2D eigenvalue weighted by atomic mass is 10.3. The summed E-state index contributed by atoms with van der Waals surface area (Å²) >= 11 is 1.53. The summed E-state index contributed by atoms with van der Waals surface area (Å²) in [7, 11) is 0. The first-order valence-corrected chi connectivity index (χ1v) is 7.24. The van der Waals surface area contributed by atoms with Gasteiger partial charge in [-0.3, -0.25) is 4.79 Å². The molecule has 0 spiro atoms. The molecule has 110 valence electrons. The molecule has 6 heteroatoms. The summed E-state index contributed by atoms with van der Waals surface area (Å²) in [5, 5.41) is 12.4. The van der Waals surface area contributed by atoms with Gasteiger partial charge >= 0.3 is 0 Å². The van der Waals surface area contributed by atoms with Crippen molar-refractivity contribution in [2.45, 2.75) is 6.92 Å². The van der Waals surface area contributed by atoms with Crippen LogP contribution in [-0.4, -0.2) is 29.2 Å². The van der Waals surface area contributed by atoms with Crippen molar-refractivity contribution in [3.05, 3.63) is 46.4 Å². The maximum absolute atomic E-state index is 11.8. The molecule has 0 bridgehead atoms. The van der Waals surface area contributed by atoms with E-state index in [0.717, 1.165) is 9.88 Å². The van der Waals surface area contributed by atoms with Crippen LogP contribution in [0.4, 0.5) is 5.69 Å². The van der Waals surface area contributed by atoms with E-state index in [1.165, 1.54) is 17.4 Å². The van der Waals surface area contributed by atoms with Gasteiger partial charge in [0.05, 0.1) is 11.6 Å². The molecule has 1 aromatic carbocycles. The minimum absolute atomic E-state index is 0.0274. The molecule has 2 N–H and O–H groups in total. The largest absolute Gasteiger partial charge is 0.491 e. The molecule has 0 aliphatic rings. The Balaban J connectivity index is 1.88. The molecule has 1 heterocycles. The van der Waals surface area contributed by atoms with Gasteiger partial charge in [-0.05, 0) is 37.3 Å². The first kappa shape index (κ1) is 15.2. The second kappa shape index (κ2) is 7.56. The molecule has 1 amide bonds. The van der Waals surface area contributed by atoms with Crippen LogP contribution >= 0.6 is 11.3 Å². The van der Waals surface area contributed by atoms with Crippen LogP contribution in [0.15, 0.2) is 36.5 Å². The molecule has 1 aromatic heterocycles. The van der Waals surface area contributed by atoms with Gasteiger partial charge in [-0.25, -0.2) is 4.98 Å². The van der Waals surface area contributed by atoms with E-state index in [9.17, 15) is 4.79 Å². The Bertz CT molecular complexity index is 620. The monoisotopic (exact) mass is 304 g/mol. The molecule has 0 saturated carbocycles. The highest BCUT2D eigenvalue weighted by Crippen LogP contribution is 2.16. The van der Waals surface area contributed by atoms with Crippen LogP contribution in [0.1, 0.15) is 9.88 Å². The van der Waals surface area contributed by atoms with E-state index in [0.29, 0.717) is 11.4 Å². The van der Waals surface area contributed by atoms with Crippen molar-refractivity contribution >= 4 is 29.0 Å². The third-order valence-corrected chi connectivity index (χ3v) is 3.40. The molecule has 0 saturated heterocycles. The first-order valence-electron chi connectivity index (χ1n) is 6.42. The van der Waals surface area contributed by atoms with Crippen molar-refractivity contribution in [2.24, 2.45) is 0 Å². The number of aryl methyl sites for hydroxylation is 1. The molecule has 0 fully saturated rings. The van der Waals surface area contributed by atoms with Crippen LogP contribution in [0, 0.1) is 6.92 Å². The third-order valence-electron chi connectivity index (χ3n) is 2.52. The van der Waals surface area contributed by atoms with E-state index in [1.54, 1.807) is 36.5 Å². The van der Waals surface area contributed by atoms with Crippen LogP contribution in [-0.2, 0) is 4.79 Å². The lowest BCUT2D eigenvalue weighted by Crippen LogP contribution is -2.07. The summed E-state index contributed by atoms with van der Waals surface area (Å²) in [6.45, 7) is 2.14. The zero-order valence-corrected chi connectivity index (χ0v) is 12.4. The highest BCUT2D eigenvalue weighted by atomic mass is 32.1. The lowest BCUT2D eigenvalue weighted by Gasteiger charge is -2.06. The topological polar surface area (TPSA) is 71.5 Å². The number of benzene rings is 1. The van der Waals surface area contributed by atoms with Crippen LogP contribution in [0.2, 0.25) is 0 Å². The summed E-state index contributed by atoms with van der Waals surface area (Å²) in [6, 6.07) is 6.97. The average molecular weight is 304 g/mol. The number of carbonyl (C=O) groups is 1. The zero-order valence-electron chi connectivity index (χ0n) is 11.6. The minimum atomic E-state index is -0.204. The molecule has 21 heavy (non-hydrogen) atoms. The number of nitrogens with zero attached hydrogens (tertiary/aromatic N) is 1. The van der Waals surface area contributed by atoms with E-state index >= 15 is 0 Å². The summed E-state index contributed by atoms with van der Waals surface area (Å²) in [5.41, 5.74) is 0.682. The van der Waals surface area contributed by atoms with E-state index < -0.39 is 0 Å². The van der Waals surface area contributed by atoms with Gasteiger partial charge < -0.3 is 15.2 Å². The summed E-state index contributed by atoms with van der Waals surface area (Å²) in [5.74, 6) is 0.447. The van der Waals surface area contributed by atoms with Crippen LogP contribution in [0.5, 0.6) is 5.75 Å². The van der Waals surface area contributed by atoms with E-state index in [4.69, 9.17) is 9.84 Å². The number of hydrogen-bond acceptors (Lipinski definition) is 5. The van der Waals surface area contributed by atoms with E-state index in [1.807, 2.05) is 6.92 Å². The molecule has 0 aliphatic heterocycles. The molecule has 0 aliphatic carbocycles. The number of hydrogen-bond donors (Lipinski definition) is 2. The highest BCUT2D eigenvalue weighted by molar-refractivity contribution is 7.12. The molecule has 0 radical (unpaired) electrons. The van der Waals surface area contributed by atoms with Gasteiger partial charge in [0.15, 0.2) is 0 Å². The third kappa shape index (κ3) is 5.02. The minimum Gasteiger partial charge on any atom is -0.491 e. The van der Waals surface area contributed by atoms with Crippen molar-refractivity contribution in [3.63, 3.8) is 0 Å². The van der Waals surface area contributed by atoms with Crippen LogP contribution < -0.4 is 10.1 Å². The number of thiazole rings is 1. The molecule has 2 rings (SSSR count). The number of anilines is 1. The summed E-state index contributed by atoms with van der Waals surface area (Å²) in [6.07, 6.45) is 4.94. The van der Waals surface area contributed by atoms with Gasteiger partial charge in [-0.15, -0.1) is 11.3 Å². The Hall–Kier alpha value is -2.18. The van der Waals surface area contributed by atoms with Crippen molar-refractivity contribution in [2.75, 3.05) is 18.5 Å². The Morgan fingerprint density at radius 2 is 2.19 bits per heavy atom. The Kier molecular flexibility index (Phi) is 5.48. The number of ether oxygens (including phenoxy) is 1. The maximum Gasteiger partial charge on any atom is 0.248 e. The molecule has 2 aromatic rings. The zero-order chi connectivity index (χ0) is 15.1. The second-order valence-electron chi connectivity index (χ2n) is 4.20. The predicted octanol–water partition coefficient (Wildman–Crippen LogP) is 2.47. The van der Waals surface area contributed by atoms with Crippen molar-refractivity contribution in [1.82, 2.24) is 4.98 Å². The van der Waals surface area contributed by atoms with E-state index in [-0.39, 0.29) is 19.1 Å². The highest BCUT2D eigenvalue weighted by Gasteiger charge is 2.00. The number of aliphatic hydroxyl groups is 1. The summed E-state index contributed by atoms with van der Waals surface area (Å²) < 4.78 is 5.24. The molecular weight excluding hydrogens is 288 g/mol. The standard InChI is InChI=1S/C15H16N2O3S/c1-11-16-10-14(21-11)6-7-15(19)17-12-2-4-13(5-3-12)20-9-8-18/h2-7,10,18H,8-9H2,1H3,(H,17,19)/b7-6+. The van der Waals surface area contributed by atoms with Crippen LogP contribution in [0.25, 0.3) is 6.08 Å². The second-order valence-corrected chi connectivity index (χ2v) is 5.47. The smallest absolute Gasteiger partial charge is 0.248 e. The van der Waals surface area contributed by atoms with Gasteiger partial charge in [0.25, 0.3) is 0 Å². The van der Waals surface area contributed by atoms with Crippen LogP contribution in [0.3, 0.4) is 0 Å². The fraction of sp³-hybridized carbons (Fsp3) is 0.200. The van der Waals surface area contributed by atoms with Gasteiger partial charge in [-0.2, -0.15) is 0 Å². The molecule has 5 nitrogen and oxygen atoms in total. The van der Waals surface area contributed by atoms with Gasteiger partial charge in [0, 0.05) is 22.8 Å². The van der Waals surface area contributed by atoms with Crippen molar-refractivity contribution < 1.29 is 14.6 Å². The molecule has 0 atom stereocenters. The summed E-state index contributed by atoms with van der Waals surface area (Å²) in [4.78, 5) is 16.8. The Morgan fingerprint density at radius 1 is 1.43 bits per heavy atom. The molecular formula is C15H16N2O3S. The number of aliphatic hydroxyl groups excluding tert-OH is 1. The SMILES string of the molecule is Cc1ncc(/C=C/C(=O)Nc2ccc(OCCO)cc2)s1. The maximum atomic E-state index is 11.8. The average Bonchev–Trinajstić information content (AvgIpc) is 2.90. The Labute approximate surface area is 126 Å². The number of nitrogens with one attached hydrogen (secondary N) is 1. The fourth-order valence-corrected chi connectivity index (χ4v) is 2.28. The van der Waals surface area contributed by atoms with E-state index in [2.05, 4.69) is 10.3 Å². The van der Waals surface area contributed by atoms with Crippen molar-refractivity contribution in [3.8, 4) is 5.75 Å². The lowest BCUT2D eigenvalue weighted by molar-refractivity contribution is -0.111. The molecule has 0 unspecified atom stereocenters. The first-order chi connectivity index (χ1) is 10.2.